The van der Waals surface area contributed by atoms with Crippen molar-refractivity contribution in [3.63, 3.8) is 0 Å². The quantitative estimate of drug-likeness (QED) is 0.801. The Morgan fingerprint density at radius 1 is 1.40 bits per heavy atom. The topological polar surface area (TPSA) is 75.4 Å². The van der Waals surface area contributed by atoms with Crippen LogP contribution in [0.2, 0.25) is 0 Å². The number of aromatic nitrogens is 3. The first-order valence-corrected chi connectivity index (χ1v) is 8.81. The van der Waals surface area contributed by atoms with Crippen molar-refractivity contribution in [1.29, 1.82) is 0 Å². The van der Waals surface area contributed by atoms with Gasteiger partial charge in [-0.05, 0) is 45.0 Å². The van der Waals surface area contributed by atoms with Crippen LogP contribution in [0.1, 0.15) is 38.0 Å². The molecule has 0 spiro atoms. The average molecular weight is 343 g/mol. The molecule has 0 saturated carbocycles. The maximum Gasteiger partial charge on any atom is 0.246 e. The summed E-state index contributed by atoms with van der Waals surface area (Å²) in [5.41, 5.74) is 0.659. The van der Waals surface area contributed by atoms with Crippen molar-refractivity contribution in [2.45, 2.75) is 44.7 Å². The number of likely N-dealkylation sites (tertiary alicyclic amines) is 1. The van der Waals surface area contributed by atoms with Gasteiger partial charge in [-0.3, -0.25) is 9.78 Å². The van der Waals surface area contributed by atoms with Crippen LogP contribution in [0, 0.1) is 0 Å². The Labute approximate surface area is 148 Å². The molecule has 0 aromatic carbocycles. The summed E-state index contributed by atoms with van der Waals surface area (Å²) in [4.78, 5) is 24.9. The third-order valence-electron chi connectivity index (χ3n) is 4.77. The van der Waals surface area contributed by atoms with Crippen LogP contribution in [-0.2, 0) is 11.3 Å². The maximum absolute atomic E-state index is 12.4. The summed E-state index contributed by atoms with van der Waals surface area (Å²) in [6.07, 6.45) is 6.84. The lowest BCUT2D eigenvalue weighted by Gasteiger charge is -2.32. The van der Waals surface area contributed by atoms with Crippen LogP contribution in [0.5, 0.6) is 0 Å². The van der Waals surface area contributed by atoms with Crippen molar-refractivity contribution < 1.29 is 9.32 Å². The van der Waals surface area contributed by atoms with E-state index < -0.39 is 0 Å². The van der Waals surface area contributed by atoms with Crippen molar-refractivity contribution in [3.05, 3.63) is 30.3 Å². The Morgan fingerprint density at radius 3 is 3.04 bits per heavy atom. The Kier molecular flexibility index (Phi) is 5.75. The molecule has 7 nitrogen and oxygen atoms in total. The van der Waals surface area contributed by atoms with E-state index >= 15 is 0 Å². The van der Waals surface area contributed by atoms with Crippen LogP contribution < -0.4 is 0 Å². The zero-order valence-electron chi connectivity index (χ0n) is 14.9. The molecule has 0 aliphatic carbocycles. The van der Waals surface area contributed by atoms with Crippen LogP contribution >= 0.6 is 0 Å². The molecule has 1 amide bonds. The number of carbonyl (C=O) groups is 1. The van der Waals surface area contributed by atoms with E-state index in [1.807, 2.05) is 18.2 Å². The molecule has 7 heteroatoms. The van der Waals surface area contributed by atoms with Gasteiger partial charge in [0.2, 0.25) is 17.6 Å². The molecule has 25 heavy (non-hydrogen) atoms. The molecule has 1 atom stereocenters. The minimum atomic E-state index is 0.108. The van der Waals surface area contributed by atoms with Gasteiger partial charge >= 0.3 is 0 Å². The zero-order chi connectivity index (χ0) is 17.6. The highest BCUT2D eigenvalue weighted by Gasteiger charge is 2.21. The molecule has 1 aliphatic rings. The second-order valence-electron chi connectivity index (χ2n) is 6.65. The van der Waals surface area contributed by atoms with Gasteiger partial charge in [0.1, 0.15) is 5.69 Å². The Morgan fingerprint density at radius 2 is 2.28 bits per heavy atom. The molecule has 2 aromatic rings. The Balaban J connectivity index is 1.50. The largest absolute Gasteiger partial charge is 0.337 e. The second-order valence-corrected chi connectivity index (χ2v) is 6.65. The SMILES string of the molecule is CN(Cc1nc(-c2ccccn2)no1)C(=O)CC[C@H]1CCCCN1C. The van der Waals surface area contributed by atoms with Gasteiger partial charge in [0.25, 0.3) is 0 Å². The lowest BCUT2D eigenvalue weighted by molar-refractivity contribution is -0.131. The van der Waals surface area contributed by atoms with Crippen LogP contribution in [0.4, 0.5) is 0 Å². The third kappa shape index (κ3) is 4.63. The number of amides is 1. The van der Waals surface area contributed by atoms with E-state index in [-0.39, 0.29) is 5.91 Å². The molecule has 2 aromatic heterocycles. The first kappa shape index (κ1) is 17.5. The fraction of sp³-hybridized carbons (Fsp3) is 0.556. The molecule has 1 aliphatic heterocycles. The molecule has 0 unspecified atom stereocenters. The highest BCUT2D eigenvalue weighted by molar-refractivity contribution is 5.75. The van der Waals surface area contributed by atoms with Crippen LogP contribution in [0.3, 0.4) is 0 Å². The average Bonchev–Trinajstić information content (AvgIpc) is 3.10. The van der Waals surface area contributed by atoms with Crippen molar-refractivity contribution >= 4 is 5.91 Å². The molecule has 1 fully saturated rings. The molecule has 0 bridgehead atoms. The maximum atomic E-state index is 12.4. The van der Waals surface area contributed by atoms with Gasteiger partial charge in [-0.15, -0.1) is 0 Å². The van der Waals surface area contributed by atoms with Gasteiger partial charge in [0.15, 0.2) is 0 Å². The third-order valence-corrected chi connectivity index (χ3v) is 4.77. The van der Waals surface area contributed by atoms with Gasteiger partial charge in [-0.1, -0.05) is 17.6 Å². The van der Waals surface area contributed by atoms with E-state index in [4.69, 9.17) is 4.52 Å². The number of hydrogen-bond donors (Lipinski definition) is 0. The summed E-state index contributed by atoms with van der Waals surface area (Å²) in [6, 6.07) is 6.05. The van der Waals surface area contributed by atoms with Gasteiger partial charge in [0, 0.05) is 25.7 Å². The monoisotopic (exact) mass is 343 g/mol. The number of piperidine rings is 1. The van der Waals surface area contributed by atoms with Gasteiger partial charge in [-0.2, -0.15) is 4.98 Å². The molecule has 3 rings (SSSR count). The fourth-order valence-electron chi connectivity index (χ4n) is 3.20. The summed E-state index contributed by atoms with van der Waals surface area (Å²) in [5.74, 6) is 0.975. The summed E-state index contributed by atoms with van der Waals surface area (Å²) >= 11 is 0. The number of carbonyl (C=O) groups excluding carboxylic acids is 1. The summed E-state index contributed by atoms with van der Waals surface area (Å²) < 4.78 is 5.25. The predicted octanol–water partition coefficient (Wildman–Crippen LogP) is 2.35. The number of rotatable bonds is 6. The van der Waals surface area contributed by atoms with Crippen molar-refractivity contribution in [1.82, 2.24) is 24.9 Å². The van der Waals surface area contributed by atoms with E-state index in [1.165, 1.54) is 19.3 Å². The smallest absolute Gasteiger partial charge is 0.246 e. The van der Waals surface area contributed by atoms with E-state index in [0.717, 1.165) is 13.0 Å². The molecule has 134 valence electrons. The van der Waals surface area contributed by atoms with E-state index in [2.05, 4.69) is 27.1 Å². The van der Waals surface area contributed by atoms with E-state index in [1.54, 1.807) is 18.1 Å². The van der Waals surface area contributed by atoms with Crippen molar-refractivity contribution in [2.75, 3.05) is 20.6 Å². The summed E-state index contributed by atoms with van der Waals surface area (Å²) in [7, 11) is 3.92. The first-order valence-electron chi connectivity index (χ1n) is 8.81. The lowest BCUT2D eigenvalue weighted by Crippen LogP contribution is -2.37. The highest BCUT2D eigenvalue weighted by atomic mass is 16.5. The molecule has 0 N–H and O–H groups in total. The van der Waals surface area contributed by atoms with Gasteiger partial charge < -0.3 is 14.3 Å². The number of pyridine rings is 1. The minimum absolute atomic E-state index is 0.108. The Bertz CT molecular complexity index is 688. The van der Waals surface area contributed by atoms with Gasteiger partial charge in [-0.25, -0.2) is 0 Å². The summed E-state index contributed by atoms with van der Waals surface area (Å²) in [6.45, 7) is 1.45. The van der Waals surface area contributed by atoms with Crippen LogP contribution in [0.25, 0.3) is 11.5 Å². The predicted molar refractivity (Wildman–Crippen MR) is 93.5 cm³/mol. The van der Waals surface area contributed by atoms with Crippen LogP contribution in [0.15, 0.2) is 28.9 Å². The Hall–Kier alpha value is -2.28. The molecular weight excluding hydrogens is 318 g/mol. The molecular formula is C18H25N5O2. The van der Waals surface area contributed by atoms with Gasteiger partial charge in [0.05, 0.1) is 6.54 Å². The summed E-state index contributed by atoms with van der Waals surface area (Å²) in [5, 5.41) is 3.93. The molecule has 1 saturated heterocycles. The first-order chi connectivity index (χ1) is 12.1. The fourth-order valence-corrected chi connectivity index (χ4v) is 3.20. The second kappa shape index (κ2) is 8.20. The van der Waals surface area contributed by atoms with Crippen molar-refractivity contribution in [2.24, 2.45) is 0 Å². The molecule has 0 radical (unpaired) electrons. The number of nitrogens with zero attached hydrogens (tertiary/aromatic N) is 5. The lowest BCUT2D eigenvalue weighted by atomic mass is 9.98. The van der Waals surface area contributed by atoms with E-state index in [9.17, 15) is 4.79 Å². The minimum Gasteiger partial charge on any atom is -0.337 e. The highest BCUT2D eigenvalue weighted by Crippen LogP contribution is 2.19. The van der Waals surface area contributed by atoms with E-state index in [0.29, 0.717) is 36.4 Å². The zero-order valence-corrected chi connectivity index (χ0v) is 14.9. The molecule has 3 heterocycles. The van der Waals surface area contributed by atoms with Crippen LogP contribution in [-0.4, -0.2) is 57.5 Å². The normalized spacial score (nSPS) is 18.2. The van der Waals surface area contributed by atoms with Crippen molar-refractivity contribution in [3.8, 4) is 11.5 Å². The number of hydrogen-bond acceptors (Lipinski definition) is 6. The standard InChI is InChI=1S/C18H25N5O2/c1-22-12-6-4-7-14(22)9-10-17(24)23(2)13-16-20-18(21-25-16)15-8-3-5-11-19-15/h3,5,8,11,14H,4,6-7,9-10,12-13H2,1-2H3/t14-/m1/s1.